The molecule has 2 fully saturated rings. The summed E-state index contributed by atoms with van der Waals surface area (Å²) in [4.78, 5) is 2.64. The van der Waals surface area contributed by atoms with Gasteiger partial charge in [0.25, 0.3) is 0 Å². The van der Waals surface area contributed by atoms with Crippen molar-refractivity contribution in [2.45, 2.75) is 77.4 Å². The molecule has 5 nitrogen and oxygen atoms in total. The molecule has 158 valence electrons. The lowest BCUT2D eigenvalue weighted by atomic mass is 10.00. The number of benzene rings is 1. The Morgan fingerprint density at radius 3 is 2.76 bits per heavy atom. The number of rotatable bonds is 8. The van der Waals surface area contributed by atoms with Gasteiger partial charge >= 0.3 is 0 Å². The topological polar surface area (TPSA) is 43.2 Å². The Morgan fingerprint density at radius 2 is 1.97 bits per heavy atom. The summed E-state index contributed by atoms with van der Waals surface area (Å²) in [7, 11) is 0. The molecule has 29 heavy (non-hydrogen) atoms. The van der Waals surface area contributed by atoms with Gasteiger partial charge in [-0.3, -0.25) is 0 Å². The summed E-state index contributed by atoms with van der Waals surface area (Å²) < 4.78 is 7.77. The summed E-state index contributed by atoms with van der Waals surface area (Å²) in [5.41, 5.74) is 4.89. The SMILES string of the molecule is Cc1cc(CCCCN2CCCCC2)ccc1-c1cn(C[C@H]2CCCCO2)nn1. The first-order valence-corrected chi connectivity index (χ1v) is 11.6. The van der Waals surface area contributed by atoms with E-state index in [4.69, 9.17) is 4.74 Å². The fourth-order valence-corrected chi connectivity index (χ4v) is 4.69. The van der Waals surface area contributed by atoms with E-state index in [1.54, 1.807) is 0 Å². The zero-order valence-corrected chi connectivity index (χ0v) is 18.0. The molecule has 0 unspecified atom stereocenters. The van der Waals surface area contributed by atoms with Crippen molar-refractivity contribution in [1.82, 2.24) is 19.9 Å². The maximum absolute atomic E-state index is 5.83. The van der Waals surface area contributed by atoms with Crippen LogP contribution < -0.4 is 0 Å². The smallest absolute Gasteiger partial charge is 0.113 e. The van der Waals surface area contributed by atoms with Gasteiger partial charge in [0.1, 0.15) is 5.69 Å². The van der Waals surface area contributed by atoms with Crippen LogP contribution in [0.15, 0.2) is 24.4 Å². The average molecular weight is 397 g/mol. The minimum absolute atomic E-state index is 0.284. The number of hydrogen-bond acceptors (Lipinski definition) is 4. The summed E-state index contributed by atoms with van der Waals surface area (Å²) in [6.07, 6.45) is 13.9. The second-order valence-electron chi connectivity index (χ2n) is 8.82. The van der Waals surface area contributed by atoms with Crippen LogP contribution in [0.3, 0.4) is 0 Å². The van der Waals surface area contributed by atoms with Crippen LogP contribution in [0.1, 0.15) is 62.5 Å². The molecule has 2 aliphatic heterocycles. The van der Waals surface area contributed by atoms with Crippen LogP contribution >= 0.6 is 0 Å². The highest BCUT2D eigenvalue weighted by atomic mass is 16.5. The van der Waals surface area contributed by atoms with Gasteiger partial charge in [0, 0.05) is 12.2 Å². The number of piperidine rings is 1. The van der Waals surface area contributed by atoms with Crippen molar-refractivity contribution < 1.29 is 4.74 Å². The van der Waals surface area contributed by atoms with Gasteiger partial charge in [-0.15, -0.1) is 5.10 Å². The van der Waals surface area contributed by atoms with Crippen LogP contribution in [-0.2, 0) is 17.7 Å². The Labute approximate surface area is 175 Å². The van der Waals surface area contributed by atoms with Gasteiger partial charge in [-0.05, 0) is 89.1 Å². The van der Waals surface area contributed by atoms with Gasteiger partial charge < -0.3 is 9.64 Å². The number of ether oxygens (including phenoxy) is 1. The molecule has 0 radical (unpaired) electrons. The molecule has 2 aliphatic rings. The molecule has 0 bridgehead atoms. The molecule has 0 amide bonds. The number of unbranched alkanes of at least 4 members (excludes halogenated alkanes) is 1. The molecule has 0 saturated carbocycles. The number of aromatic nitrogens is 3. The number of likely N-dealkylation sites (tertiary alicyclic amines) is 1. The zero-order chi connectivity index (χ0) is 19.9. The van der Waals surface area contributed by atoms with Crippen molar-refractivity contribution in [2.75, 3.05) is 26.2 Å². The Kier molecular flexibility index (Phi) is 7.33. The largest absolute Gasteiger partial charge is 0.376 e. The molecule has 2 saturated heterocycles. The third-order valence-corrected chi connectivity index (χ3v) is 6.41. The number of nitrogens with zero attached hydrogens (tertiary/aromatic N) is 4. The van der Waals surface area contributed by atoms with Gasteiger partial charge in [0.15, 0.2) is 0 Å². The zero-order valence-electron chi connectivity index (χ0n) is 18.0. The molecule has 5 heteroatoms. The molecule has 0 N–H and O–H groups in total. The first-order valence-electron chi connectivity index (χ1n) is 11.6. The third-order valence-electron chi connectivity index (χ3n) is 6.41. The highest BCUT2D eigenvalue weighted by molar-refractivity contribution is 5.62. The van der Waals surface area contributed by atoms with Crippen LogP contribution in [0.5, 0.6) is 0 Å². The van der Waals surface area contributed by atoms with Crippen molar-refractivity contribution in [2.24, 2.45) is 0 Å². The fraction of sp³-hybridized carbons (Fsp3) is 0.667. The van der Waals surface area contributed by atoms with E-state index in [1.165, 1.54) is 87.7 Å². The minimum atomic E-state index is 0.284. The van der Waals surface area contributed by atoms with Crippen molar-refractivity contribution >= 4 is 0 Å². The Morgan fingerprint density at radius 1 is 1.07 bits per heavy atom. The van der Waals surface area contributed by atoms with E-state index in [-0.39, 0.29) is 6.10 Å². The van der Waals surface area contributed by atoms with Gasteiger partial charge in [0.05, 0.1) is 18.8 Å². The lowest BCUT2D eigenvalue weighted by Gasteiger charge is -2.26. The Bertz CT molecular complexity index is 760. The second kappa shape index (κ2) is 10.4. The Hall–Kier alpha value is -1.72. The van der Waals surface area contributed by atoms with Crippen LogP contribution in [0, 0.1) is 6.92 Å². The van der Waals surface area contributed by atoms with Crippen LogP contribution in [0.25, 0.3) is 11.3 Å². The van der Waals surface area contributed by atoms with Crippen LogP contribution in [0.2, 0.25) is 0 Å². The molecule has 1 atom stereocenters. The third kappa shape index (κ3) is 5.89. The summed E-state index contributed by atoms with van der Waals surface area (Å²) in [6, 6.07) is 6.83. The predicted octanol–water partition coefficient (Wildman–Crippen LogP) is 4.63. The first-order chi connectivity index (χ1) is 14.3. The van der Waals surface area contributed by atoms with Gasteiger partial charge in [-0.2, -0.15) is 0 Å². The van der Waals surface area contributed by atoms with Gasteiger partial charge in [-0.1, -0.05) is 29.8 Å². The lowest BCUT2D eigenvalue weighted by molar-refractivity contribution is 0.00370. The predicted molar refractivity (Wildman–Crippen MR) is 117 cm³/mol. The Balaban J connectivity index is 1.28. The van der Waals surface area contributed by atoms with Gasteiger partial charge in [-0.25, -0.2) is 4.68 Å². The second-order valence-corrected chi connectivity index (χ2v) is 8.82. The standard InChI is InChI=1S/C24H36N4O/c1-20-17-21(9-3-7-15-27-13-5-2-6-14-27)11-12-23(20)24-19-28(26-25-24)18-22-10-4-8-16-29-22/h11-12,17,19,22H,2-10,13-16,18H2,1H3/t22-/m1/s1. The molecular weight excluding hydrogens is 360 g/mol. The molecule has 4 rings (SSSR count). The maximum atomic E-state index is 5.83. The van der Waals surface area contributed by atoms with E-state index in [0.717, 1.165) is 25.3 Å². The molecular formula is C24H36N4O. The normalized spacial score (nSPS) is 20.8. The fourth-order valence-electron chi connectivity index (χ4n) is 4.69. The molecule has 0 spiro atoms. The highest BCUT2D eigenvalue weighted by Gasteiger charge is 2.16. The quantitative estimate of drug-likeness (QED) is 0.610. The average Bonchev–Trinajstić information content (AvgIpc) is 3.21. The van der Waals surface area contributed by atoms with E-state index in [2.05, 4.69) is 46.5 Å². The molecule has 2 aromatic rings. The number of aryl methyl sites for hydroxylation is 2. The molecule has 3 heterocycles. The van der Waals surface area contributed by atoms with Crippen molar-refractivity contribution in [3.05, 3.63) is 35.5 Å². The summed E-state index contributed by atoms with van der Waals surface area (Å²) in [5.74, 6) is 0. The van der Waals surface area contributed by atoms with Crippen LogP contribution in [-0.4, -0.2) is 52.2 Å². The maximum Gasteiger partial charge on any atom is 0.113 e. The van der Waals surface area contributed by atoms with Crippen LogP contribution in [0.4, 0.5) is 0 Å². The van der Waals surface area contributed by atoms with Crippen molar-refractivity contribution in [3.8, 4) is 11.3 Å². The lowest BCUT2D eigenvalue weighted by Crippen LogP contribution is -2.30. The summed E-state index contributed by atoms with van der Waals surface area (Å²) in [6.45, 7) is 7.76. The number of hydrogen-bond donors (Lipinski definition) is 0. The van der Waals surface area contributed by atoms with E-state index in [1.807, 2.05) is 4.68 Å². The van der Waals surface area contributed by atoms with E-state index < -0.39 is 0 Å². The van der Waals surface area contributed by atoms with Crippen molar-refractivity contribution in [1.29, 1.82) is 0 Å². The van der Waals surface area contributed by atoms with E-state index in [0.29, 0.717) is 0 Å². The van der Waals surface area contributed by atoms with E-state index in [9.17, 15) is 0 Å². The monoisotopic (exact) mass is 396 g/mol. The molecule has 0 aliphatic carbocycles. The first kappa shape index (κ1) is 20.5. The van der Waals surface area contributed by atoms with Crippen molar-refractivity contribution in [3.63, 3.8) is 0 Å². The van der Waals surface area contributed by atoms with E-state index >= 15 is 0 Å². The highest BCUT2D eigenvalue weighted by Crippen LogP contribution is 2.23. The minimum Gasteiger partial charge on any atom is -0.376 e. The molecule has 1 aromatic carbocycles. The summed E-state index contributed by atoms with van der Waals surface area (Å²) >= 11 is 0. The summed E-state index contributed by atoms with van der Waals surface area (Å²) in [5, 5.41) is 8.76. The van der Waals surface area contributed by atoms with Gasteiger partial charge in [0.2, 0.25) is 0 Å². The molecule has 1 aromatic heterocycles.